The van der Waals surface area contributed by atoms with Gasteiger partial charge in [0.1, 0.15) is 0 Å². The molecule has 0 radical (unpaired) electrons. The van der Waals surface area contributed by atoms with Gasteiger partial charge in [0.15, 0.2) is 8.32 Å². The number of aliphatic carboxylic acids is 1. The maximum absolute atomic E-state index is 9.60. The molecule has 1 rings (SSSR count). The smallest absolute Gasteiger partial charge is 0.330 e. The lowest BCUT2D eigenvalue weighted by Crippen LogP contribution is -2.54. The van der Waals surface area contributed by atoms with E-state index in [9.17, 15) is 4.79 Å². The average molecular weight is 272 g/mol. The predicted octanol–water partition coefficient (Wildman–Crippen LogP) is 4.06. The Balaban J connectivity index is 0.000000411. The van der Waals surface area contributed by atoms with Crippen LogP contribution in [0.5, 0.6) is 0 Å². The molecular weight excluding hydrogens is 244 g/mol. The summed E-state index contributed by atoms with van der Waals surface area (Å²) in [6.07, 6.45) is 1.32. The van der Waals surface area contributed by atoms with Crippen molar-refractivity contribution < 1.29 is 14.3 Å². The Hall–Kier alpha value is -0.613. The van der Waals surface area contributed by atoms with Gasteiger partial charge in [-0.25, -0.2) is 4.79 Å². The van der Waals surface area contributed by atoms with E-state index in [1.165, 1.54) is 19.4 Å². The fourth-order valence-corrected chi connectivity index (χ4v) is 4.78. The molecule has 0 aromatic heterocycles. The van der Waals surface area contributed by atoms with Gasteiger partial charge in [-0.2, -0.15) is 0 Å². The fourth-order valence-electron chi connectivity index (χ4n) is 1.79. The van der Waals surface area contributed by atoms with Crippen LogP contribution in [0.4, 0.5) is 0 Å². The molecule has 1 fully saturated rings. The normalized spacial score (nSPS) is 23.5. The lowest BCUT2D eigenvalue weighted by molar-refractivity contribution is -0.132. The predicted molar refractivity (Wildman–Crippen MR) is 78.3 cm³/mol. The van der Waals surface area contributed by atoms with Crippen molar-refractivity contribution in [3.63, 3.8) is 0 Å². The minimum absolute atomic E-state index is 0.0704. The third-order valence-corrected chi connectivity index (χ3v) is 6.40. The first kappa shape index (κ1) is 17.4. The summed E-state index contributed by atoms with van der Waals surface area (Å²) >= 11 is 0. The number of rotatable bonds is 1. The topological polar surface area (TPSA) is 46.5 Å². The summed E-state index contributed by atoms with van der Waals surface area (Å²) in [7, 11) is -1.31. The van der Waals surface area contributed by atoms with Crippen molar-refractivity contribution in [3.8, 4) is 0 Å². The van der Waals surface area contributed by atoms with Gasteiger partial charge in [-0.05, 0) is 51.7 Å². The summed E-state index contributed by atoms with van der Waals surface area (Å²) in [5, 5.41) is 7.89. The van der Waals surface area contributed by atoms with Crippen LogP contribution >= 0.6 is 0 Å². The van der Waals surface area contributed by atoms with Crippen LogP contribution < -0.4 is 0 Å². The second-order valence-corrected chi connectivity index (χ2v) is 11.1. The molecule has 1 saturated heterocycles. The lowest BCUT2D eigenvalue weighted by atomic mass is 9.75. The fraction of sp³-hybridized carbons (Fsp3) is 0.786. The van der Waals surface area contributed by atoms with Crippen molar-refractivity contribution in [1.82, 2.24) is 0 Å². The minimum Gasteiger partial charge on any atom is -0.478 e. The molecule has 0 unspecified atom stereocenters. The van der Waals surface area contributed by atoms with E-state index in [4.69, 9.17) is 9.53 Å². The van der Waals surface area contributed by atoms with E-state index in [2.05, 4.69) is 47.4 Å². The number of carboxylic acid groups (broad SMARTS) is 1. The minimum atomic E-state index is -1.31. The third-order valence-electron chi connectivity index (χ3n) is 3.88. The van der Waals surface area contributed by atoms with Crippen molar-refractivity contribution >= 4 is 14.3 Å². The first-order valence-corrected chi connectivity index (χ1v) is 9.51. The highest BCUT2D eigenvalue weighted by Gasteiger charge is 2.47. The van der Waals surface area contributed by atoms with Gasteiger partial charge in [0.05, 0.1) is 5.60 Å². The monoisotopic (exact) mass is 272 g/mol. The second-order valence-electron chi connectivity index (χ2n) is 6.84. The molecular formula is C14H28O3Si. The lowest BCUT2D eigenvalue weighted by Gasteiger charge is -2.51. The van der Waals surface area contributed by atoms with Gasteiger partial charge in [-0.1, -0.05) is 20.4 Å². The zero-order valence-corrected chi connectivity index (χ0v) is 13.9. The maximum atomic E-state index is 9.60. The van der Waals surface area contributed by atoms with Gasteiger partial charge >= 0.3 is 5.97 Å². The standard InChI is InChI=1S/C10H22OSi.C4H6O2/c1-9(2)7-8-12(5,6)11-10(9,3)4;1-3(2)4(5)6/h7-8H2,1-6H3;1H2,2H3,(H,5,6). The molecule has 0 aliphatic carbocycles. The van der Waals surface area contributed by atoms with Crippen LogP contribution in [-0.4, -0.2) is 25.0 Å². The van der Waals surface area contributed by atoms with Gasteiger partial charge in [0, 0.05) is 5.57 Å². The van der Waals surface area contributed by atoms with Gasteiger partial charge in [0.2, 0.25) is 0 Å². The molecule has 0 amide bonds. The van der Waals surface area contributed by atoms with E-state index < -0.39 is 14.3 Å². The molecule has 0 aromatic carbocycles. The first-order valence-electron chi connectivity index (χ1n) is 6.40. The van der Waals surface area contributed by atoms with E-state index in [0.29, 0.717) is 5.41 Å². The molecule has 0 saturated carbocycles. The molecule has 0 atom stereocenters. The van der Waals surface area contributed by atoms with Crippen LogP contribution in [0.25, 0.3) is 0 Å². The summed E-state index contributed by atoms with van der Waals surface area (Å²) < 4.78 is 6.22. The van der Waals surface area contributed by atoms with Crippen LogP contribution in [0.15, 0.2) is 12.2 Å². The average Bonchev–Trinajstić information content (AvgIpc) is 2.12. The van der Waals surface area contributed by atoms with Crippen LogP contribution in [0, 0.1) is 5.41 Å². The SMILES string of the molecule is C=C(C)C(=O)O.CC1(C)CC[Si](C)(C)OC1(C)C. The second kappa shape index (κ2) is 5.57. The molecule has 0 aromatic rings. The summed E-state index contributed by atoms with van der Waals surface area (Å²) in [6, 6.07) is 1.31. The summed E-state index contributed by atoms with van der Waals surface area (Å²) in [5.74, 6) is -0.935. The number of hydrogen-bond donors (Lipinski definition) is 1. The Morgan fingerprint density at radius 1 is 1.28 bits per heavy atom. The van der Waals surface area contributed by atoms with Crippen molar-refractivity contribution in [2.45, 2.75) is 65.8 Å². The first-order chi connectivity index (χ1) is 7.81. The molecule has 106 valence electrons. The largest absolute Gasteiger partial charge is 0.478 e. The summed E-state index contributed by atoms with van der Waals surface area (Å²) in [5.41, 5.74) is 0.589. The van der Waals surface area contributed by atoms with E-state index in [1.54, 1.807) is 0 Å². The van der Waals surface area contributed by atoms with Crippen LogP contribution in [0.3, 0.4) is 0 Å². The Bertz CT molecular complexity index is 318. The Kier molecular flexibility index (Phi) is 5.38. The molecule has 3 nitrogen and oxygen atoms in total. The van der Waals surface area contributed by atoms with Gasteiger partial charge < -0.3 is 9.53 Å². The molecule has 1 N–H and O–H groups in total. The highest BCUT2D eigenvalue weighted by atomic mass is 28.4. The van der Waals surface area contributed by atoms with Crippen molar-refractivity contribution in [3.05, 3.63) is 12.2 Å². The van der Waals surface area contributed by atoms with Crippen LogP contribution in [0.1, 0.15) is 41.0 Å². The highest BCUT2D eigenvalue weighted by molar-refractivity contribution is 6.71. The van der Waals surface area contributed by atoms with Crippen molar-refractivity contribution in [1.29, 1.82) is 0 Å². The Labute approximate surface area is 112 Å². The zero-order chi connectivity index (χ0) is 14.8. The summed E-state index contributed by atoms with van der Waals surface area (Å²) in [6.45, 7) is 18.4. The Morgan fingerprint density at radius 2 is 1.67 bits per heavy atom. The molecule has 1 aliphatic heterocycles. The van der Waals surface area contributed by atoms with Gasteiger partial charge in [0.25, 0.3) is 0 Å². The molecule has 0 bridgehead atoms. The van der Waals surface area contributed by atoms with Gasteiger partial charge in [-0.15, -0.1) is 0 Å². The molecule has 1 aliphatic rings. The molecule has 18 heavy (non-hydrogen) atoms. The summed E-state index contributed by atoms with van der Waals surface area (Å²) in [4.78, 5) is 9.60. The Morgan fingerprint density at radius 3 is 1.89 bits per heavy atom. The highest BCUT2D eigenvalue weighted by Crippen LogP contribution is 2.46. The molecule has 1 heterocycles. The van der Waals surface area contributed by atoms with Crippen molar-refractivity contribution in [2.75, 3.05) is 0 Å². The molecule has 4 heteroatoms. The number of hydrogen-bond acceptors (Lipinski definition) is 2. The van der Waals surface area contributed by atoms with Crippen molar-refractivity contribution in [2.24, 2.45) is 5.41 Å². The van der Waals surface area contributed by atoms with E-state index in [1.807, 2.05) is 0 Å². The van der Waals surface area contributed by atoms with E-state index in [-0.39, 0.29) is 11.2 Å². The molecule has 0 spiro atoms. The van der Waals surface area contributed by atoms with E-state index in [0.717, 1.165) is 0 Å². The van der Waals surface area contributed by atoms with Crippen LogP contribution in [0.2, 0.25) is 19.1 Å². The zero-order valence-electron chi connectivity index (χ0n) is 12.9. The third kappa shape index (κ3) is 4.94. The number of carboxylic acids is 1. The van der Waals surface area contributed by atoms with Gasteiger partial charge in [-0.3, -0.25) is 0 Å². The number of carbonyl (C=O) groups is 1. The van der Waals surface area contributed by atoms with Crippen LogP contribution in [-0.2, 0) is 9.22 Å². The van der Waals surface area contributed by atoms with E-state index >= 15 is 0 Å². The quantitative estimate of drug-likeness (QED) is 0.578. The maximum Gasteiger partial charge on any atom is 0.330 e.